The first-order valence-electron chi connectivity index (χ1n) is 6.68. The fourth-order valence-electron chi connectivity index (χ4n) is 2.22. The maximum Gasteiger partial charge on any atom is 0.280 e. The van der Waals surface area contributed by atoms with E-state index in [-0.39, 0.29) is 5.91 Å². The van der Waals surface area contributed by atoms with Gasteiger partial charge in [-0.15, -0.1) is 0 Å². The molecule has 0 saturated carbocycles. The Balaban J connectivity index is 2.02. The highest BCUT2D eigenvalue weighted by Gasteiger charge is 2.28. The Bertz CT molecular complexity index is 777. The van der Waals surface area contributed by atoms with Crippen LogP contribution in [0.15, 0.2) is 59.2 Å². The number of hydrogen-bond acceptors (Lipinski definition) is 2. The van der Waals surface area contributed by atoms with Crippen molar-refractivity contribution in [2.45, 2.75) is 6.92 Å². The lowest BCUT2D eigenvalue weighted by Crippen LogP contribution is -2.21. The number of rotatable bonds is 2. The fraction of sp³-hybridized carbons (Fsp3) is 0.0588. The quantitative estimate of drug-likeness (QED) is 0.728. The van der Waals surface area contributed by atoms with Gasteiger partial charge >= 0.3 is 0 Å². The molecule has 1 amide bonds. The number of nitrogens with zero attached hydrogens (tertiary/aromatic N) is 2. The van der Waals surface area contributed by atoms with Gasteiger partial charge in [0.2, 0.25) is 0 Å². The lowest BCUT2D eigenvalue weighted by Gasteiger charge is -2.11. The maximum atomic E-state index is 12.6. The molecular weight excluding hydrogens is 319 g/mol. The first kappa shape index (κ1) is 14.8. The van der Waals surface area contributed by atoms with E-state index in [1.807, 2.05) is 30.3 Å². The highest BCUT2D eigenvalue weighted by molar-refractivity contribution is 6.39. The summed E-state index contributed by atoms with van der Waals surface area (Å²) in [5.41, 5.74) is 2.46. The van der Waals surface area contributed by atoms with Crippen molar-refractivity contribution in [3.8, 4) is 0 Å². The Morgan fingerprint density at radius 2 is 1.64 bits per heavy atom. The first-order chi connectivity index (χ1) is 10.6. The Hall–Kier alpha value is -2.10. The van der Waals surface area contributed by atoms with Crippen molar-refractivity contribution in [2.75, 3.05) is 5.01 Å². The average molecular weight is 331 g/mol. The molecule has 5 heteroatoms. The molecule has 3 rings (SSSR count). The van der Waals surface area contributed by atoms with Gasteiger partial charge in [0.25, 0.3) is 5.91 Å². The molecule has 22 heavy (non-hydrogen) atoms. The minimum Gasteiger partial charge on any atom is -0.267 e. The summed E-state index contributed by atoms with van der Waals surface area (Å²) in [5, 5.41) is 6.70. The van der Waals surface area contributed by atoms with Crippen LogP contribution in [-0.2, 0) is 4.79 Å². The van der Waals surface area contributed by atoms with Crippen molar-refractivity contribution in [3.63, 3.8) is 0 Å². The minimum atomic E-state index is -0.195. The molecule has 0 fully saturated rings. The number of carbonyl (C=O) groups excluding carboxylic acids is 1. The van der Waals surface area contributed by atoms with Crippen LogP contribution < -0.4 is 5.01 Å². The van der Waals surface area contributed by atoms with Crippen LogP contribution in [-0.4, -0.2) is 11.6 Å². The second-order valence-corrected chi connectivity index (χ2v) is 5.65. The molecule has 3 nitrogen and oxygen atoms in total. The Labute approximate surface area is 138 Å². The lowest BCUT2D eigenvalue weighted by atomic mass is 10.1. The van der Waals surface area contributed by atoms with Crippen LogP contribution in [0.2, 0.25) is 10.0 Å². The van der Waals surface area contributed by atoms with E-state index in [0.29, 0.717) is 26.9 Å². The van der Waals surface area contributed by atoms with Gasteiger partial charge in [0, 0.05) is 15.6 Å². The standard InChI is InChI=1S/C17H12Cl2N2O/c1-11-13(10-14-15(18)8-5-9-16(14)19)17(22)21(20-11)12-6-3-2-4-7-12/h2-10H,1H3. The monoisotopic (exact) mass is 330 g/mol. The summed E-state index contributed by atoms with van der Waals surface area (Å²) in [4.78, 5) is 12.6. The molecule has 110 valence electrons. The number of halogens is 2. The molecule has 0 saturated heterocycles. The number of hydrazone groups is 1. The summed E-state index contributed by atoms with van der Waals surface area (Å²) in [5.74, 6) is -0.195. The van der Waals surface area contributed by atoms with Crippen molar-refractivity contribution in [3.05, 3.63) is 69.7 Å². The van der Waals surface area contributed by atoms with Crippen molar-refractivity contribution in [1.29, 1.82) is 0 Å². The zero-order valence-corrected chi connectivity index (χ0v) is 13.3. The number of hydrogen-bond donors (Lipinski definition) is 0. The average Bonchev–Trinajstić information content (AvgIpc) is 2.79. The molecule has 1 heterocycles. The molecule has 2 aromatic carbocycles. The van der Waals surface area contributed by atoms with E-state index in [2.05, 4.69) is 5.10 Å². The van der Waals surface area contributed by atoms with Gasteiger partial charge in [-0.1, -0.05) is 47.5 Å². The van der Waals surface area contributed by atoms with Gasteiger partial charge in [-0.3, -0.25) is 4.79 Å². The van der Waals surface area contributed by atoms with Crippen LogP contribution in [0.5, 0.6) is 0 Å². The zero-order valence-electron chi connectivity index (χ0n) is 11.8. The van der Waals surface area contributed by atoms with Crippen molar-refractivity contribution in [2.24, 2.45) is 5.10 Å². The van der Waals surface area contributed by atoms with Crippen LogP contribution in [0.25, 0.3) is 6.08 Å². The third-order valence-corrected chi connectivity index (χ3v) is 4.01. The third kappa shape index (κ3) is 2.65. The normalized spacial score (nSPS) is 16.3. The third-order valence-electron chi connectivity index (χ3n) is 3.35. The number of carbonyl (C=O) groups is 1. The molecule has 0 spiro atoms. The fourth-order valence-corrected chi connectivity index (χ4v) is 2.73. The van der Waals surface area contributed by atoms with Crippen LogP contribution >= 0.6 is 23.2 Å². The zero-order chi connectivity index (χ0) is 15.7. The van der Waals surface area contributed by atoms with Gasteiger partial charge in [-0.2, -0.15) is 10.1 Å². The van der Waals surface area contributed by atoms with Crippen LogP contribution in [0.1, 0.15) is 12.5 Å². The molecule has 0 unspecified atom stereocenters. The molecule has 0 N–H and O–H groups in total. The molecular formula is C17H12Cl2N2O. The molecule has 0 radical (unpaired) electrons. The Kier molecular flexibility index (Phi) is 4.01. The second-order valence-electron chi connectivity index (χ2n) is 4.83. The molecule has 0 atom stereocenters. The molecule has 0 aliphatic carbocycles. The van der Waals surface area contributed by atoms with Crippen molar-refractivity contribution in [1.82, 2.24) is 0 Å². The number of benzene rings is 2. The molecule has 0 bridgehead atoms. The van der Waals surface area contributed by atoms with E-state index in [9.17, 15) is 4.79 Å². The molecule has 2 aromatic rings. The van der Waals surface area contributed by atoms with Gasteiger partial charge in [0.1, 0.15) is 0 Å². The van der Waals surface area contributed by atoms with E-state index < -0.39 is 0 Å². The van der Waals surface area contributed by atoms with Gasteiger partial charge in [0.05, 0.1) is 17.0 Å². The number of anilines is 1. The number of para-hydroxylation sites is 1. The van der Waals surface area contributed by atoms with Gasteiger partial charge in [-0.25, -0.2) is 0 Å². The van der Waals surface area contributed by atoms with Crippen LogP contribution in [0, 0.1) is 0 Å². The van der Waals surface area contributed by atoms with Crippen LogP contribution in [0.3, 0.4) is 0 Å². The summed E-state index contributed by atoms with van der Waals surface area (Å²) >= 11 is 12.3. The molecule has 0 aromatic heterocycles. The first-order valence-corrected chi connectivity index (χ1v) is 7.44. The SMILES string of the molecule is CC1=NN(c2ccccc2)C(=O)C1=Cc1c(Cl)cccc1Cl. The van der Waals surface area contributed by atoms with Gasteiger partial charge < -0.3 is 0 Å². The minimum absolute atomic E-state index is 0.195. The summed E-state index contributed by atoms with van der Waals surface area (Å²) in [7, 11) is 0. The Morgan fingerprint density at radius 3 is 2.27 bits per heavy atom. The molecule has 1 aliphatic heterocycles. The smallest absolute Gasteiger partial charge is 0.267 e. The molecule has 1 aliphatic rings. The van der Waals surface area contributed by atoms with E-state index in [1.165, 1.54) is 5.01 Å². The van der Waals surface area contributed by atoms with Gasteiger partial charge in [-0.05, 0) is 37.3 Å². The van der Waals surface area contributed by atoms with E-state index >= 15 is 0 Å². The highest BCUT2D eigenvalue weighted by atomic mass is 35.5. The predicted molar refractivity (Wildman–Crippen MR) is 91.5 cm³/mol. The van der Waals surface area contributed by atoms with E-state index in [1.54, 1.807) is 31.2 Å². The van der Waals surface area contributed by atoms with Crippen LogP contribution in [0.4, 0.5) is 5.69 Å². The summed E-state index contributed by atoms with van der Waals surface area (Å²) in [6, 6.07) is 14.5. The summed E-state index contributed by atoms with van der Waals surface area (Å²) in [6.45, 7) is 1.79. The lowest BCUT2D eigenvalue weighted by molar-refractivity contribution is -0.114. The predicted octanol–water partition coefficient (Wildman–Crippen LogP) is 4.80. The van der Waals surface area contributed by atoms with Gasteiger partial charge in [0.15, 0.2) is 0 Å². The van der Waals surface area contributed by atoms with E-state index in [0.717, 1.165) is 5.69 Å². The van der Waals surface area contributed by atoms with E-state index in [4.69, 9.17) is 23.2 Å². The number of amides is 1. The van der Waals surface area contributed by atoms with Crippen molar-refractivity contribution >= 4 is 46.6 Å². The van der Waals surface area contributed by atoms with Crippen molar-refractivity contribution < 1.29 is 4.79 Å². The Morgan fingerprint density at radius 1 is 1.00 bits per heavy atom. The highest BCUT2D eigenvalue weighted by Crippen LogP contribution is 2.30. The topological polar surface area (TPSA) is 32.7 Å². The largest absolute Gasteiger partial charge is 0.280 e. The maximum absolute atomic E-state index is 12.6. The summed E-state index contributed by atoms with van der Waals surface area (Å²) in [6.07, 6.45) is 1.69. The second kappa shape index (κ2) is 5.95. The summed E-state index contributed by atoms with van der Waals surface area (Å²) < 4.78 is 0.